The highest BCUT2D eigenvalue weighted by molar-refractivity contribution is 6.04. The zero-order valence-electron chi connectivity index (χ0n) is 22.0. The third kappa shape index (κ3) is 3.96. The summed E-state index contributed by atoms with van der Waals surface area (Å²) in [5, 5.41) is 13.2. The lowest BCUT2D eigenvalue weighted by Crippen LogP contribution is -2.02. The molecule has 0 unspecified atom stereocenters. The van der Waals surface area contributed by atoms with Crippen LogP contribution in [0.3, 0.4) is 0 Å². The minimum absolute atomic E-state index is 0.409. The molecule has 42 heavy (non-hydrogen) atoms. The van der Waals surface area contributed by atoms with Crippen LogP contribution in [0.4, 0.5) is 0 Å². The van der Waals surface area contributed by atoms with Crippen molar-refractivity contribution in [2.45, 2.75) is 0 Å². The predicted molar refractivity (Wildman–Crippen MR) is 162 cm³/mol. The Labute approximate surface area is 239 Å². The fourth-order valence-corrected chi connectivity index (χ4v) is 5.12. The summed E-state index contributed by atoms with van der Waals surface area (Å²) in [6.07, 6.45) is 3.54. The summed E-state index contributed by atoms with van der Waals surface area (Å²) in [6.45, 7) is 0. The van der Waals surface area contributed by atoms with Gasteiger partial charge in [-0.15, -0.1) is 0 Å². The van der Waals surface area contributed by atoms with Crippen molar-refractivity contribution >= 4 is 43.6 Å². The summed E-state index contributed by atoms with van der Waals surface area (Å²) in [4.78, 5) is 33.6. The van der Waals surface area contributed by atoms with Gasteiger partial charge in [-0.3, -0.25) is 9.97 Å². The Hall–Kier alpha value is -6.20. The van der Waals surface area contributed by atoms with E-state index in [1.807, 2.05) is 84.9 Å². The fraction of sp³-hybridized carbons (Fsp3) is 0. The molecule has 8 heteroatoms. The fourth-order valence-electron chi connectivity index (χ4n) is 5.12. The summed E-state index contributed by atoms with van der Waals surface area (Å²) in [6, 6.07) is 33.1. The number of aromatic nitrogens is 7. The number of hydrogen-bond donors (Lipinski definition) is 0. The third-order valence-electron chi connectivity index (χ3n) is 7.23. The van der Waals surface area contributed by atoms with Crippen molar-refractivity contribution in [3.05, 3.63) is 115 Å². The minimum Gasteiger partial charge on any atom is -0.254 e. The quantitative estimate of drug-likeness (QED) is 0.222. The van der Waals surface area contributed by atoms with Gasteiger partial charge in [-0.25, -0.2) is 24.9 Å². The van der Waals surface area contributed by atoms with Gasteiger partial charge >= 0.3 is 0 Å². The molecule has 8 rings (SSSR count). The summed E-state index contributed by atoms with van der Waals surface area (Å²) < 4.78 is 0. The van der Waals surface area contributed by atoms with Gasteiger partial charge in [0.1, 0.15) is 11.4 Å². The number of pyridine rings is 4. The van der Waals surface area contributed by atoms with Gasteiger partial charge in [-0.2, -0.15) is 5.26 Å². The second kappa shape index (κ2) is 9.47. The van der Waals surface area contributed by atoms with Crippen LogP contribution in [-0.2, 0) is 0 Å². The molecular formula is C34H18N8. The molecule has 0 aliphatic carbocycles. The van der Waals surface area contributed by atoms with Gasteiger partial charge < -0.3 is 0 Å². The van der Waals surface area contributed by atoms with Gasteiger partial charge in [0.2, 0.25) is 0 Å². The summed E-state index contributed by atoms with van der Waals surface area (Å²) in [5.41, 5.74) is 5.66. The number of rotatable bonds is 3. The standard InChI is InChI=1S/C34H18N8/c35-19-20-5-7-25(8-6-20)32-40-33(26-15-13-23-11-9-21-3-1-17-36-28(21)30(23)38-26)42-34(41-32)27-16-14-24-12-10-22-4-2-18-37-29(22)31(24)39-27/h1-18H. The van der Waals surface area contributed by atoms with Crippen LogP contribution in [0.2, 0.25) is 0 Å². The minimum atomic E-state index is 0.409. The van der Waals surface area contributed by atoms with Crippen LogP contribution >= 0.6 is 0 Å². The largest absolute Gasteiger partial charge is 0.254 e. The molecule has 8 nitrogen and oxygen atoms in total. The van der Waals surface area contributed by atoms with Crippen molar-refractivity contribution < 1.29 is 0 Å². The van der Waals surface area contributed by atoms with Crippen molar-refractivity contribution in [1.29, 1.82) is 5.26 Å². The van der Waals surface area contributed by atoms with Gasteiger partial charge in [0.15, 0.2) is 17.5 Å². The smallest absolute Gasteiger partial charge is 0.182 e. The summed E-state index contributed by atoms with van der Waals surface area (Å²) in [5.74, 6) is 1.27. The second-order valence-electron chi connectivity index (χ2n) is 9.81. The van der Waals surface area contributed by atoms with E-state index in [9.17, 15) is 5.26 Å². The molecule has 0 bridgehead atoms. The zero-order valence-corrected chi connectivity index (χ0v) is 22.0. The van der Waals surface area contributed by atoms with Gasteiger partial charge in [0.05, 0.1) is 33.7 Å². The number of fused-ring (bicyclic) bond motifs is 6. The average Bonchev–Trinajstić information content (AvgIpc) is 3.07. The molecule has 0 N–H and O–H groups in total. The van der Waals surface area contributed by atoms with E-state index in [1.54, 1.807) is 24.5 Å². The van der Waals surface area contributed by atoms with Crippen LogP contribution in [0.5, 0.6) is 0 Å². The Balaban J connectivity index is 1.36. The Morgan fingerprint density at radius 2 is 0.881 bits per heavy atom. The Morgan fingerprint density at radius 1 is 0.429 bits per heavy atom. The molecule has 5 aromatic heterocycles. The maximum absolute atomic E-state index is 9.29. The molecule has 0 spiro atoms. The van der Waals surface area contributed by atoms with Gasteiger partial charge in [-0.05, 0) is 48.5 Å². The lowest BCUT2D eigenvalue weighted by molar-refractivity contribution is 1.05. The first-order valence-corrected chi connectivity index (χ1v) is 13.3. The molecule has 0 saturated carbocycles. The second-order valence-corrected chi connectivity index (χ2v) is 9.81. The van der Waals surface area contributed by atoms with Crippen molar-refractivity contribution in [2.75, 3.05) is 0 Å². The topological polar surface area (TPSA) is 114 Å². The maximum Gasteiger partial charge on any atom is 0.182 e. The van der Waals surface area contributed by atoms with Crippen LogP contribution in [0, 0.1) is 11.3 Å². The Bertz CT molecular complexity index is 2240. The van der Waals surface area contributed by atoms with Crippen LogP contribution < -0.4 is 0 Å². The number of hydrogen-bond acceptors (Lipinski definition) is 8. The van der Waals surface area contributed by atoms with Gasteiger partial charge in [0, 0.05) is 39.5 Å². The highest BCUT2D eigenvalue weighted by Crippen LogP contribution is 2.29. The van der Waals surface area contributed by atoms with Crippen molar-refractivity contribution in [3.8, 4) is 40.5 Å². The van der Waals surface area contributed by atoms with E-state index in [0.717, 1.165) is 49.2 Å². The first kappa shape index (κ1) is 23.7. The molecule has 5 heterocycles. The lowest BCUT2D eigenvalue weighted by Gasteiger charge is -2.10. The van der Waals surface area contributed by atoms with E-state index in [1.165, 1.54) is 0 Å². The van der Waals surface area contributed by atoms with Crippen molar-refractivity contribution in [3.63, 3.8) is 0 Å². The van der Waals surface area contributed by atoms with Gasteiger partial charge in [-0.1, -0.05) is 48.5 Å². The van der Waals surface area contributed by atoms with E-state index in [4.69, 9.17) is 24.9 Å². The molecule has 3 aromatic carbocycles. The highest BCUT2D eigenvalue weighted by Gasteiger charge is 2.16. The molecule has 0 aliphatic rings. The van der Waals surface area contributed by atoms with E-state index in [2.05, 4.69) is 16.0 Å². The van der Waals surface area contributed by atoms with E-state index >= 15 is 0 Å². The van der Waals surface area contributed by atoms with Crippen molar-refractivity contribution in [2.24, 2.45) is 0 Å². The number of nitriles is 1. The first-order valence-electron chi connectivity index (χ1n) is 13.3. The van der Waals surface area contributed by atoms with Crippen LogP contribution in [0.15, 0.2) is 109 Å². The van der Waals surface area contributed by atoms with E-state index in [0.29, 0.717) is 34.4 Å². The summed E-state index contributed by atoms with van der Waals surface area (Å²) >= 11 is 0. The van der Waals surface area contributed by atoms with Gasteiger partial charge in [0.25, 0.3) is 0 Å². The third-order valence-corrected chi connectivity index (χ3v) is 7.23. The maximum atomic E-state index is 9.29. The number of benzene rings is 3. The van der Waals surface area contributed by atoms with Crippen molar-refractivity contribution in [1.82, 2.24) is 34.9 Å². The molecule has 0 amide bonds. The molecule has 194 valence electrons. The van der Waals surface area contributed by atoms with Crippen LogP contribution in [0.1, 0.15) is 5.56 Å². The summed E-state index contributed by atoms with van der Waals surface area (Å²) in [7, 11) is 0. The monoisotopic (exact) mass is 538 g/mol. The SMILES string of the molecule is N#Cc1ccc(-c2nc(-c3ccc4ccc5cccnc5c4n3)nc(-c3ccc4ccc5cccnc5c4n3)n2)cc1. The molecule has 8 aromatic rings. The molecule has 0 saturated heterocycles. The van der Waals surface area contributed by atoms with Crippen LogP contribution in [-0.4, -0.2) is 34.9 Å². The Morgan fingerprint density at radius 3 is 1.38 bits per heavy atom. The zero-order chi connectivity index (χ0) is 28.0. The lowest BCUT2D eigenvalue weighted by atomic mass is 10.1. The Kier molecular flexibility index (Phi) is 5.34. The molecule has 0 aliphatic heterocycles. The molecule has 0 radical (unpaired) electrons. The van der Waals surface area contributed by atoms with E-state index in [-0.39, 0.29) is 0 Å². The molecular weight excluding hydrogens is 520 g/mol. The van der Waals surface area contributed by atoms with Crippen LogP contribution in [0.25, 0.3) is 78.0 Å². The predicted octanol–water partition coefficient (Wildman–Crippen LogP) is 6.94. The molecule has 0 fully saturated rings. The normalized spacial score (nSPS) is 11.3. The molecule has 0 atom stereocenters. The average molecular weight is 539 g/mol. The van der Waals surface area contributed by atoms with E-state index < -0.39 is 0 Å². The first-order chi connectivity index (χ1) is 20.7. The number of nitrogens with zero attached hydrogens (tertiary/aromatic N) is 8. The highest BCUT2D eigenvalue weighted by atomic mass is 15.1.